The topological polar surface area (TPSA) is 83.3 Å². The van der Waals surface area contributed by atoms with Gasteiger partial charge in [-0.3, -0.25) is 0 Å². The molecule has 0 aliphatic rings. The molecule has 0 fully saturated rings. The molecule has 1 aromatic heterocycles. The van der Waals surface area contributed by atoms with Crippen LogP contribution in [0.2, 0.25) is 0 Å². The average Bonchev–Trinajstić information content (AvgIpc) is 2.69. The lowest BCUT2D eigenvalue weighted by Crippen LogP contribution is -2.25. The molecule has 5 heteroatoms. The zero-order valence-corrected chi connectivity index (χ0v) is 8.82. The monoisotopic (exact) mass is 216 g/mol. The van der Waals surface area contributed by atoms with Crippen LogP contribution >= 0.6 is 0 Å². The smallest absolute Gasteiger partial charge is 0.332 e. The predicted octanol–water partition coefficient (Wildman–Crippen LogP) is 1.56. The first-order valence-electron chi connectivity index (χ1n) is 4.84. The van der Waals surface area contributed by atoms with E-state index in [9.17, 15) is 4.79 Å². The maximum atomic E-state index is 10.5. The second-order valence-electron chi connectivity index (χ2n) is 3.42. The number of benzene rings is 1. The number of hydrogen-bond donors (Lipinski definition) is 3. The molecule has 82 valence electrons. The summed E-state index contributed by atoms with van der Waals surface area (Å²) in [6, 6.07) is 7.21. The van der Waals surface area contributed by atoms with Crippen LogP contribution in [0, 0.1) is 0 Å². The zero-order valence-electron chi connectivity index (χ0n) is 8.82. The second kappa shape index (κ2) is 4.06. The van der Waals surface area contributed by atoms with Crippen molar-refractivity contribution in [3.05, 3.63) is 36.0 Å². The van der Waals surface area contributed by atoms with Gasteiger partial charge in [0.05, 0.1) is 5.71 Å². The van der Waals surface area contributed by atoms with Crippen LogP contribution < -0.4 is 11.2 Å². The highest BCUT2D eigenvalue weighted by atomic mass is 16.2. The number of hydrogen-bond acceptors (Lipinski definition) is 2. The van der Waals surface area contributed by atoms with Gasteiger partial charge in [0.1, 0.15) is 0 Å². The summed E-state index contributed by atoms with van der Waals surface area (Å²) in [5.74, 6) is 0. The quantitative estimate of drug-likeness (QED) is 0.516. The maximum Gasteiger partial charge on any atom is 0.332 e. The van der Waals surface area contributed by atoms with Crippen molar-refractivity contribution in [2.75, 3.05) is 0 Å². The van der Waals surface area contributed by atoms with Crippen LogP contribution in [0.3, 0.4) is 0 Å². The van der Waals surface area contributed by atoms with Crippen molar-refractivity contribution in [2.24, 2.45) is 10.8 Å². The molecule has 2 amide bonds. The van der Waals surface area contributed by atoms with Gasteiger partial charge in [0, 0.05) is 22.7 Å². The molecule has 0 aliphatic carbocycles. The molecule has 0 saturated carbocycles. The molecule has 2 aromatic rings. The van der Waals surface area contributed by atoms with Gasteiger partial charge in [-0.2, -0.15) is 5.10 Å². The lowest BCUT2D eigenvalue weighted by atomic mass is 10.1. The molecular weight excluding hydrogens is 204 g/mol. The molecule has 0 bridgehead atoms. The number of fused-ring (bicyclic) bond motifs is 1. The predicted molar refractivity (Wildman–Crippen MR) is 63.2 cm³/mol. The number of amides is 2. The SMILES string of the molecule is C/C(=N\NC(N)=O)c1c[nH]c2ccccc12. The van der Waals surface area contributed by atoms with E-state index in [4.69, 9.17) is 5.73 Å². The number of rotatable bonds is 2. The Kier molecular flexibility index (Phi) is 2.59. The fourth-order valence-corrected chi connectivity index (χ4v) is 1.57. The van der Waals surface area contributed by atoms with E-state index < -0.39 is 6.03 Å². The lowest BCUT2D eigenvalue weighted by Gasteiger charge is -1.98. The number of urea groups is 1. The van der Waals surface area contributed by atoms with Gasteiger partial charge in [0.25, 0.3) is 0 Å². The number of aromatic amines is 1. The van der Waals surface area contributed by atoms with Crippen molar-refractivity contribution in [3.8, 4) is 0 Å². The van der Waals surface area contributed by atoms with Crippen LogP contribution in [0.25, 0.3) is 10.9 Å². The van der Waals surface area contributed by atoms with E-state index in [1.165, 1.54) is 0 Å². The van der Waals surface area contributed by atoms with Gasteiger partial charge >= 0.3 is 6.03 Å². The number of H-pyrrole nitrogens is 1. The summed E-state index contributed by atoms with van der Waals surface area (Å²) in [6.45, 7) is 1.81. The third-order valence-corrected chi connectivity index (χ3v) is 2.31. The van der Waals surface area contributed by atoms with E-state index in [0.29, 0.717) is 5.71 Å². The summed E-state index contributed by atoms with van der Waals surface area (Å²) in [6.07, 6.45) is 1.85. The number of nitrogens with zero attached hydrogens (tertiary/aromatic N) is 1. The first-order valence-corrected chi connectivity index (χ1v) is 4.84. The Morgan fingerprint density at radius 2 is 2.19 bits per heavy atom. The molecule has 5 nitrogen and oxygen atoms in total. The van der Waals surface area contributed by atoms with Crippen LogP contribution in [0.5, 0.6) is 0 Å². The highest BCUT2D eigenvalue weighted by Gasteiger charge is 2.05. The molecule has 16 heavy (non-hydrogen) atoms. The summed E-state index contributed by atoms with van der Waals surface area (Å²) >= 11 is 0. The Bertz CT molecular complexity index is 556. The van der Waals surface area contributed by atoms with Gasteiger partial charge < -0.3 is 10.7 Å². The Morgan fingerprint density at radius 1 is 1.44 bits per heavy atom. The van der Waals surface area contributed by atoms with Crippen LogP contribution in [-0.4, -0.2) is 16.7 Å². The number of carbonyl (C=O) groups is 1. The summed E-state index contributed by atoms with van der Waals surface area (Å²) in [5.41, 5.74) is 9.84. The van der Waals surface area contributed by atoms with Gasteiger partial charge in [-0.25, -0.2) is 10.2 Å². The molecule has 1 heterocycles. The van der Waals surface area contributed by atoms with Crippen LogP contribution in [-0.2, 0) is 0 Å². The highest BCUT2D eigenvalue weighted by molar-refractivity contribution is 6.09. The van der Waals surface area contributed by atoms with Crippen molar-refractivity contribution in [1.82, 2.24) is 10.4 Å². The highest BCUT2D eigenvalue weighted by Crippen LogP contribution is 2.17. The van der Waals surface area contributed by atoms with E-state index in [-0.39, 0.29) is 0 Å². The number of carbonyl (C=O) groups excluding carboxylic acids is 1. The minimum atomic E-state index is -0.667. The minimum absolute atomic E-state index is 0.667. The number of para-hydroxylation sites is 1. The third kappa shape index (κ3) is 1.88. The van der Waals surface area contributed by atoms with E-state index in [1.807, 2.05) is 37.4 Å². The van der Waals surface area contributed by atoms with Crippen molar-refractivity contribution >= 4 is 22.6 Å². The van der Waals surface area contributed by atoms with E-state index in [2.05, 4.69) is 15.5 Å². The standard InChI is InChI=1S/C11H12N4O/c1-7(14-15-11(12)16)9-6-13-10-5-3-2-4-8(9)10/h2-6,13H,1H3,(H3,12,15,16)/b14-7+. The molecule has 0 unspecified atom stereocenters. The fraction of sp³-hybridized carbons (Fsp3) is 0.0909. The summed E-state index contributed by atoms with van der Waals surface area (Å²) < 4.78 is 0. The molecule has 1 aromatic carbocycles. The number of nitrogens with two attached hydrogens (primary N) is 1. The molecule has 0 aliphatic heterocycles. The third-order valence-electron chi connectivity index (χ3n) is 2.31. The number of primary amides is 1. The van der Waals surface area contributed by atoms with Crippen molar-refractivity contribution < 1.29 is 4.79 Å². The van der Waals surface area contributed by atoms with Crippen LogP contribution in [0.1, 0.15) is 12.5 Å². The molecule has 0 atom stereocenters. The van der Waals surface area contributed by atoms with Crippen LogP contribution in [0.15, 0.2) is 35.6 Å². The van der Waals surface area contributed by atoms with Crippen molar-refractivity contribution in [2.45, 2.75) is 6.92 Å². The average molecular weight is 216 g/mol. The zero-order chi connectivity index (χ0) is 11.5. The Hall–Kier alpha value is -2.30. The Balaban J connectivity index is 2.40. The number of aromatic nitrogens is 1. The summed E-state index contributed by atoms with van der Waals surface area (Å²) in [7, 11) is 0. The summed E-state index contributed by atoms with van der Waals surface area (Å²) in [4.78, 5) is 13.7. The molecule has 0 saturated heterocycles. The first kappa shape index (κ1) is 10.2. The van der Waals surface area contributed by atoms with Crippen LogP contribution in [0.4, 0.5) is 4.79 Å². The van der Waals surface area contributed by atoms with Gasteiger partial charge in [0.15, 0.2) is 0 Å². The number of hydrazone groups is 1. The van der Waals surface area contributed by atoms with Gasteiger partial charge in [-0.05, 0) is 13.0 Å². The normalized spacial score (nSPS) is 11.7. The molecule has 0 spiro atoms. The Morgan fingerprint density at radius 3 is 2.94 bits per heavy atom. The van der Waals surface area contributed by atoms with E-state index in [1.54, 1.807) is 0 Å². The molecule has 2 rings (SSSR count). The lowest BCUT2D eigenvalue weighted by molar-refractivity contribution is 0.249. The Labute approximate surface area is 92.3 Å². The van der Waals surface area contributed by atoms with Gasteiger partial charge in [-0.15, -0.1) is 0 Å². The largest absolute Gasteiger partial charge is 0.360 e. The number of nitrogens with one attached hydrogen (secondary N) is 2. The van der Waals surface area contributed by atoms with E-state index >= 15 is 0 Å². The minimum Gasteiger partial charge on any atom is -0.360 e. The van der Waals surface area contributed by atoms with Gasteiger partial charge in [0.2, 0.25) is 0 Å². The van der Waals surface area contributed by atoms with Gasteiger partial charge in [-0.1, -0.05) is 18.2 Å². The molecule has 0 radical (unpaired) electrons. The molecular formula is C11H12N4O. The van der Waals surface area contributed by atoms with E-state index in [0.717, 1.165) is 16.5 Å². The van der Waals surface area contributed by atoms with Crippen molar-refractivity contribution in [3.63, 3.8) is 0 Å². The summed E-state index contributed by atoms with van der Waals surface area (Å²) in [5, 5.41) is 4.95. The van der Waals surface area contributed by atoms with Crippen molar-refractivity contribution in [1.29, 1.82) is 0 Å². The maximum absolute atomic E-state index is 10.5. The fourth-order valence-electron chi connectivity index (χ4n) is 1.57. The second-order valence-corrected chi connectivity index (χ2v) is 3.42. The molecule has 4 N–H and O–H groups in total. The first-order chi connectivity index (χ1) is 7.68.